The molecule has 106 valence electrons. The van der Waals surface area contributed by atoms with Crippen LogP contribution in [0.25, 0.3) is 0 Å². The Hall–Kier alpha value is -0.570. The molecular formula is C15H29NO2. The summed E-state index contributed by atoms with van der Waals surface area (Å²) >= 11 is 0. The summed E-state index contributed by atoms with van der Waals surface area (Å²) in [6.45, 7) is 5.44. The van der Waals surface area contributed by atoms with Gasteiger partial charge < -0.3 is 10.4 Å². The van der Waals surface area contributed by atoms with Crippen molar-refractivity contribution in [2.75, 3.05) is 13.1 Å². The van der Waals surface area contributed by atoms with Gasteiger partial charge in [0.2, 0.25) is 0 Å². The summed E-state index contributed by atoms with van der Waals surface area (Å²) in [5.41, 5.74) is -0.602. The van der Waals surface area contributed by atoms with Crippen LogP contribution in [0.3, 0.4) is 0 Å². The third-order valence-electron chi connectivity index (χ3n) is 4.21. The van der Waals surface area contributed by atoms with E-state index in [4.69, 9.17) is 5.11 Å². The van der Waals surface area contributed by atoms with Crippen LogP contribution < -0.4 is 5.32 Å². The van der Waals surface area contributed by atoms with Crippen LogP contribution in [-0.2, 0) is 4.79 Å². The highest BCUT2D eigenvalue weighted by Gasteiger charge is 2.26. The normalized spacial score (nSPS) is 18.6. The molecule has 0 bridgehead atoms. The average molecular weight is 255 g/mol. The number of aliphatic carboxylic acids is 1. The van der Waals surface area contributed by atoms with Gasteiger partial charge in [0.15, 0.2) is 0 Å². The Bertz CT molecular complexity index is 243. The maximum Gasteiger partial charge on any atom is 0.309 e. The SMILES string of the molecule is CC(C)(CCNCCC1CCCCCC1)C(=O)O. The molecule has 0 saturated heterocycles. The number of hydrogen-bond acceptors (Lipinski definition) is 2. The molecule has 0 heterocycles. The number of carboxylic acids is 1. The largest absolute Gasteiger partial charge is 0.481 e. The molecule has 3 nitrogen and oxygen atoms in total. The van der Waals surface area contributed by atoms with Crippen molar-refractivity contribution < 1.29 is 9.90 Å². The van der Waals surface area contributed by atoms with Crippen LogP contribution in [0.5, 0.6) is 0 Å². The molecule has 0 spiro atoms. The van der Waals surface area contributed by atoms with Gasteiger partial charge in [-0.15, -0.1) is 0 Å². The van der Waals surface area contributed by atoms with Crippen LogP contribution in [0.2, 0.25) is 0 Å². The van der Waals surface area contributed by atoms with E-state index in [9.17, 15) is 4.79 Å². The number of carbonyl (C=O) groups is 1. The molecule has 0 aromatic carbocycles. The van der Waals surface area contributed by atoms with Crippen molar-refractivity contribution in [2.24, 2.45) is 11.3 Å². The lowest BCUT2D eigenvalue weighted by atomic mass is 9.89. The van der Waals surface area contributed by atoms with Gasteiger partial charge in [0, 0.05) is 0 Å². The van der Waals surface area contributed by atoms with Crippen molar-refractivity contribution in [3.05, 3.63) is 0 Å². The maximum absolute atomic E-state index is 10.9. The van der Waals surface area contributed by atoms with Gasteiger partial charge in [-0.25, -0.2) is 0 Å². The van der Waals surface area contributed by atoms with E-state index in [2.05, 4.69) is 5.32 Å². The van der Waals surface area contributed by atoms with Crippen LogP contribution in [0.4, 0.5) is 0 Å². The maximum atomic E-state index is 10.9. The zero-order chi connectivity index (χ0) is 13.4. The summed E-state index contributed by atoms with van der Waals surface area (Å²) in [6, 6.07) is 0. The number of hydrogen-bond donors (Lipinski definition) is 2. The highest BCUT2D eigenvalue weighted by molar-refractivity contribution is 5.73. The van der Waals surface area contributed by atoms with Crippen molar-refractivity contribution >= 4 is 5.97 Å². The highest BCUT2D eigenvalue weighted by atomic mass is 16.4. The average Bonchev–Trinajstić information content (AvgIpc) is 2.57. The van der Waals surface area contributed by atoms with E-state index in [1.807, 2.05) is 0 Å². The Balaban J connectivity index is 2.06. The van der Waals surface area contributed by atoms with Gasteiger partial charge in [-0.2, -0.15) is 0 Å². The van der Waals surface area contributed by atoms with Gasteiger partial charge in [0.1, 0.15) is 0 Å². The molecule has 1 aliphatic carbocycles. The molecule has 1 aliphatic rings. The van der Waals surface area contributed by atoms with Crippen molar-refractivity contribution in [1.82, 2.24) is 5.32 Å². The minimum absolute atomic E-state index is 0.602. The van der Waals surface area contributed by atoms with Gasteiger partial charge >= 0.3 is 5.97 Å². The van der Waals surface area contributed by atoms with Crippen molar-refractivity contribution in [2.45, 2.75) is 65.2 Å². The van der Waals surface area contributed by atoms with Gasteiger partial charge in [-0.3, -0.25) is 4.79 Å². The lowest BCUT2D eigenvalue weighted by molar-refractivity contribution is -0.147. The number of rotatable bonds is 7. The molecule has 18 heavy (non-hydrogen) atoms. The first kappa shape index (κ1) is 15.5. The Labute approximate surface area is 111 Å². The van der Waals surface area contributed by atoms with Crippen LogP contribution in [0.15, 0.2) is 0 Å². The fourth-order valence-corrected chi connectivity index (χ4v) is 2.59. The second-order valence-corrected chi connectivity index (χ2v) is 6.34. The zero-order valence-corrected chi connectivity index (χ0v) is 12.0. The van der Waals surface area contributed by atoms with E-state index in [1.54, 1.807) is 13.8 Å². The van der Waals surface area contributed by atoms with E-state index < -0.39 is 11.4 Å². The summed E-state index contributed by atoms with van der Waals surface area (Å²) in [6.07, 6.45) is 10.4. The van der Waals surface area contributed by atoms with E-state index in [0.29, 0.717) is 6.42 Å². The summed E-state index contributed by atoms with van der Waals surface area (Å²) in [4.78, 5) is 10.9. The van der Waals surface area contributed by atoms with Crippen LogP contribution in [-0.4, -0.2) is 24.2 Å². The summed E-state index contributed by atoms with van der Waals surface area (Å²) in [5.74, 6) is 0.195. The lowest BCUT2D eigenvalue weighted by Gasteiger charge is -2.19. The number of carboxylic acid groups (broad SMARTS) is 1. The van der Waals surface area contributed by atoms with Crippen molar-refractivity contribution in [3.63, 3.8) is 0 Å². The van der Waals surface area contributed by atoms with Crippen LogP contribution in [0.1, 0.15) is 65.2 Å². The minimum Gasteiger partial charge on any atom is -0.481 e. The third-order valence-corrected chi connectivity index (χ3v) is 4.21. The molecule has 0 amide bonds. The van der Waals surface area contributed by atoms with Gasteiger partial charge in [0.25, 0.3) is 0 Å². The van der Waals surface area contributed by atoms with Crippen LogP contribution >= 0.6 is 0 Å². The predicted molar refractivity (Wildman–Crippen MR) is 74.7 cm³/mol. The summed E-state index contributed by atoms with van der Waals surface area (Å²) in [5, 5.41) is 12.4. The Morgan fingerprint density at radius 1 is 1.17 bits per heavy atom. The quantitative estimate of drug-likeness (QED) is 0.541. The smallest absolute Gasteiger partial charge is 0.309 e. The van der Waals surface area contributed by atoms with Crippen molar-refractivity contribution in [3.8, 4) is 0 Å². The van der Waals surface area contributed by atoms with E-state index in [1.165, 1.54) is 44.9 Å². The molecule has 0 aromatic heterocycles. The van der Waals surface area contributed by atoms with E-state index in [0.717, 1.165) is 19.0 Å². The molecule has 0 radical (unpaired) electrons. The topological polar surface area (TPSA) is 49.3 Å². The molecule has 2 N–H and O–H groups in total. The fourth-order valence-electron chi connectivity index (χ4n) is 2.59. The summed E-state index contributed by atoms with van der Waals surface area (Å²) in [7, 11) is 0. The summed E-state index contributed by atoms with van der Waals surface area (Å²) < 4.78 is 0. The Kier molecular flexibility index (Phi) is 6.69. The Morgan fingerprint density at radius 3 is 2.33 bits per heavy atom. The van der Waals surface area contributed by atoms with Crippen molar-refractivity contribution in [1.29, 1.82) is 0 Å². The molecule has 0 unspecified atom stereocenters. The first-order valence-corrected chi connectivity index (χ1v) is 7.46. The van der Waals surface area contributed by atoms with Gasteiger partial charge in [-0.1, -0.05) is 38.5 Å². The molecule has 0 aliphatic heterocycles. The monoisotopic (exact) mass is 255 g/mol. The lowest BCUT2D eigenvalue weighted by Crippen LogP contribution is -2.29. The van der Waals surface area contributed by atoms with E-state index >= 15 is 0 Å². The molecule has 0 atom stereocenters. The first-order chi connectivity index (χ1) is 8.52. The van der Waals surface area contributed by atoms with Crippen LogP contribution in [0, 0.1) is 11.3 Å². The first-order valence-electron chi connectivity index (χ1n) is 7.46. The molecule has 1 rings (SSSR count). The fraction of sp³-hybridized carbons (Fsp3) is 0.933. The zero-order valence-electron chi connectivity index (χ0n) is 12.0. The third kappa shape index (κ3) is 5.85. The van der Waals surface area contributed by atoms with E-state index in [-0.39, 0.29) is 0 Å². The molecule has 1 saturated carbocycles. The second kappa shape index (κ2) is 7.78. The van der Waals surface area contributed by atoms with Gasteiger partial charge in [-0.05, 0) is 45.7 Å². The second-order valence-electron chi connectivity index (χ2n) is 6.34. The molecule has 0 aromatic rings. The molecule has 1 fully saturated rings. The number of nitrogens with one attached hydrogen (secondary N) is 1. The molecular weight excluding hydrogens is 226 g/mol. The standard InChI is InChI=1S/C15H29NO2/c1-15(2,14(17)18)10-12-16-11-9-13-7-5-3-4-6-8-13/h13,16H,3-12H2,1-2H3,(H,17,18). The highest BCUT2D eigenvalue weighted by Crippen LogP contribution is 2.25. The van der Waals surface area contributed by atoms with Gasteiger partial charge in [0.05, 0.1) is 5.41 Å². The minimum atomic E-state index is -0.701. The predicted octanol–water partition coefficient (Wildman–Crippen LogP) is 3.44. The Morgan fingerprint density at radius 2 is 1.78 bits per heavy atom. The molecule has 3 heteroatoms.